The second kappa shape index (κ2) is 8.98. The van der Waals surface area contributed by atoms with Crippen molar-refractivity contribution in [1.82, 2.24) is 5.16 Å². The Kier molecular flexibility index (Phi) is 6.44. The summed E-state index contributed by atoms with van der Waals surface area (Å²) in [5.74, 6) is 2.56. The molecule has 26 heavy (non-hydrogen) atoms. The molecule has 1 aromatic heterocycles. The van der Waals surface area contributed by atoms with Crippen LogP contribution in [0.1, 0.15) is 38.4 Å². The molecule has 7 heteroatoms. The van der Waals surface area contributed by atoms with Crippen LogP contribution in [-0.4, -0.2) is 29.5 Å². The third kappa shape index (κ3) is 4.94. The lowest BCUT2D eigenvalue weighted by molar-refractivity contribution is -0.115. The van der Waals surface area contributed by atoms with Crippen LogP contribution in [0.15, 0.2) is 33.7 Å². The van der Waals surface area contributed by atoms with Crippen LogP contribution in [0.5, 0.6) is 11.5 Å². The van der Waals surface area contributed by atoms with E-state index in [1.165, 1.54) is 11.8 Å². The van der Waals surface area contributed by atoms with Gasteiger partial charge in [-0.25, -0.2) is 0 Å². The Morgan fingerprint density at radius 1 is 1.27 bits per heavy atom. The lowest BCUT2D eigenvalue weighted by atomic mass is 10.2. The van der Waals surface area contributed by atoms with E-state index in [0.29, 0.717) is 24.8 Å². The molecule has 0 aliphatic carbocycles. The Hall–Kier alpha value is -2.15. The zero-order valence-corrected chi connectivity index (χ0v) is 15.9. The summed E-state index contributed by atoms with van der Waals surface area (Å²) in [6.07, 6.45) is 3.68. The number of nitrogens with zero attached hydrogens (tertiary/aromatic N) is 1. The summed E-state index contributed by atoms with van der Waals surface area (Å²) in [4.78, 5) is 13.7. The van der Waals surface area contributed by atoms with Gasteiger partial charge in [-0.15, -0.1) is 11.8 Å². The molecule has 2 heterocycles. The number of carbonyl (C=O) groups is 1. The highest BCUT2D eigenvalue weighted by Gasteiger charge is 2.22. The molecule has 2 aromatic rings. The number of unbranched alkanes of at least 4 members (excludes halogenated alkanes) is 1. The lowest BCUT2D eigenvalue weighted by Crippen LogP contribution is -2.25. The number of hydrogen-bond donors (Lipinski definition) is 1. The quantitative estimate of drug-likeness (QED) is 0.721. The van der Waals surface area contributed by atoms with Gasteiger partial charge in [0.05, 0.1) is 18.5 Å². The zero-order chi connectivity index (χ0) is 18.4. The van der Waals surface area contributed by atoms with Gasteiger partial charge < -0.3 is 19.3 Å². The molecule has 0 radical (unpaired) electrons. The van der Waals surface area contributed by atoms with Crippen molar-refractivity contribution in [3.05, 3.63) is 30.0 Å². The average molecular weight is 376 g/mol. The predicted octanol–water partition coefficient (Wildman–Crippen LogP) is 4.43. The second-order valence-corrected chi connectivity index (χ2v) is 7.50. The second-order valence-electron chi connectivity index (χ2n) is 6.22. The van der Waals surface area contributed by atoms with Crippen molar-refractivity contribution in [3.8, 4) is 11.5 Å². The SMILES string of the molecule is CCCCC(Sc1ccc2c(c1)OCCCO2)C(=O)Nc1cc(C)on1. The smallest absolute Gasteiger partial charge is 0.239 e. The Morgan fingerprint density at radius 3 is 2.81 bits per heavy atom. The maximum absolute atomic E-state index is 12.7. The molecule has 0 bridgehead atoms. The van der Waals surface area contributed by atoms with E-state index in [0.717, 1.165) is 42.1 Å². The first kappa shape index (κ1) is 18.6. The molecule has 1 N–H and O–H groups in total. The van der Waals surface area contributed by atoms with Gasteiger partial charge in [0.15, 0.2) is 17.3 Å². The monoisotopic (exact) mass is 376 g/mol. The molecule has 0 fully saturated rings. The van der Waals surface area contributed by atoms with Gasteiger partial charge in [0, 0.05) is 17.4 Å². The number of aromatic nitrogens is 1. The number of hydrogen-bond acceptors (Lipinski definition) is 6. The number of nitrogens with one attached hydrogen (secondary N) is 1. The summed E-state index contributed by atoms with van der Waals surface area (Å²) in [6.45, 7) is 5.22. The molecule has 1 aromatic carbocycles. The van der Waals surface area contributed by atoms with E-state index in [9.17, 15) is 4.79 Å². The minimum atomic E-state index is -0.211. The molecule has 0 saturated carbocycles. The van der Waals surface area contributed by atoms with Gasteiger partial charge in [-0.2, -0.15) is 0 Å². The van der Waals surface area contributed by atoms with Crippen LogP contribution in [0.2, 0.25) is 0 Å². The first-order chi connectivity index (χ1) is 12.7. The topological polar surface area (TPSA) is 73.6 Å². The Balaban J connectivity index is 1.71. The predicted molar refractivity (Wildman–Crippen MR) is 101 cm³/mol. The number of aryl methyl sites for hydroxylation is 1. The van der Waals surface area contributed by atoms with Crippen LogP contribution >= 0.6 is 11.8 Å². The van der Waals surface area contributed by atoms with Gasteiger partial charge in [0.1, 0.15) is 5.76 Å². The maximum Gasteiger partial charge on any atom is 0.239 e. The van der Waals surface area contributed by atoms with Crippen LogP contribution in [0, 0.1) is 6.92 Å². The lowest BCUT2D eigenvalue weighted by Gasteiger charge is -2.16. The number of benzene rings is 1. The van der Waals surface area contributed by atoms with E-state index in [-0.39, 0.29) is 11.2 Å². The maximum atomic E-state index is 12.7. The van der Waals surface area contributed by atoms with Crippen molar-refractivity contribution in [2.24, 2.45) is 0 Å². The summed E-state index contributed by atoms with van der Waals surface area (Å²) in [7, 11) is 0. The van der Waals surface area contributed by atoms with Gasteiger partial charge in [-0.3, -0.25) is 4.79 Å². The van der Waals surface area contributed by atoms with Gasteiger partial charge in [0.25, 0.3) is 0 Å². The first-order valence-electron chi connectivity index (χ1n) is 8.96. The molecular formula is C19H24N2O4S. The van der Waals surface area contributed by atoms with Gasteiger partial charge in [-0.1, -0.05) is 24.9 Å². The molecule has 1 aliphatic rings. The van der Waals surface area contributed by atoms with Crippen molar-refractivity contribution in [3.63, 3.8) is 0 Å². The van der Waals surface area contributed by atoms with Crippen molar-refractivity contribution < 1.29 is 18.8 Å². The van der Waals surface area contributed by atoms with Gasteiger partial charge in [-0.05, 0) is 31.5 Å². The summed E-state index contributed by atoms with van der Waals surface area (Å²) >= 11 is 1.54. The molecule has 140 valence electrons. The number of fused-ring (bicyclic) bond motifs is 1. The average Bonchev–Trinajstić information content (AvgIpc) is 2.90. The molecule has 1 aliphatic heterocycles. The van der Waals surface area contributed by atoms with E-state index >= 15 is 0 Å². The zero-order valence-electron chi connectivity index (χ0n) is 15.1. The third-order valence-electron chi connectivity index (χ3n) is 3.99. The number of rotatable bonds is 7. The molecule has 3 rings (SSSR count). The molecule has 6 nitrogen and oxygen atoms in total. The first-order valence-corrected chi connectivity index (χ1v) is 9.84. The Labute approximate surface area is 157 Å². The number of carbonyl (C=O) groups excluding carboxylic acids is 1. The number of thioether (sulfide) groups is 1. The van der Waals surface area contributed by atoms with Gasteiger partial charge in [0.2, 0.25) is 5.91 Å². The number of amides is 1. The van der Waals surface area contributed by atoms with Crippen LogP contribution in [0.3, 0.4) is 0 Å². The van der Waals surface area contributed by atoms with Crippen LogP contribution in [0.25, 0.3) is 0 Å². The van der Waals surface area contributed by atoms with Crippen LogP contribution in [-0.2, 0) is 4.79 Å². The summed E-state index contributed by atoms with van der Waals surface area (Å²) in [6, 6.07) is 7.56. The molecular weight excluding hydrogens is 352 g/mol. The van der Waals surface area contributed by atoms with Crippen LogP contribution < -0.4 is 14.8 Å². The van der Waals surface area contributed by atoms with E-state index in [4.69, 9.17) is 14.0 Å². The summed E-state index contributed by atoms with van der Waals surface area (Å²) in [5.41, 5.74) is 0. The molecule has 0 saturated heterocycles. The van der Waals surface area contributed by atoms with Crippen molar-refractivity contribution in [1.29, 1.82) is 0 Å². The molecule has 1 unspecified atom stereocenters. The highest BCUT2D eigenvalue weighted by molar-refractivity contribution is 8.00. The number of ether oxygens (including phenoxy) is 2. The number of anilines is 1. The van der Waals surface area contributed by atoms with E-state index in [1.54, 1.807) is 13.0 Å². The van der Waals surface area contributed by atoms with Crippen molar-refractivity contribution in [2.45, 2.75) is 49.7 Å². The van der Waals surface area contributed by atoms with E-state index in [2.05, 4.69) is 17.4 Å². The highest BCUT2D eigenvalue weighted by atomic mass is 32.2. The van der Waals surface area contributed by atoms with E-state index in [1.807, 2.05) is 18.2 Å². The Morgan fingerprint density at radius 2 is 2.08 bits per heavy atom. The van der Waals surface area contributed by atoms with Crippen molar-refractivity contribution >= 4 is 23.5 Å². The summed E-state index contributed by atoms with van der Waals surface area (Å²) in [5, 5.41) is 6.47. The highest BCUT2D eigenvalue weighted by Crippen LogP contribution is 2.36. The fourth-order valence-corrected chi connectivity index (χ4v) is 3.75. The largest absolute Gasteiger partial charge is 0.490 e. The Bertz CT molecular complexity index is 747. The normalized spacial score (nSPS) is 14.5. The molecule has 1 amide bonds. The third-order valence-corrected chi connectivity index (χ3v) is 5.25. The molecule has 1 atom stereocenters. The minimum absolute atomic E-state index is 0.0659. The van der Waals surface area contributed by atoms with Crippen LogP contribution in [0.4, 0.5) is 5.82 Å². The van der Waals surface area contributed by atoms with Gasteiger partial charge >= 0.3 is 0 Å². The van der Waals surface area contributed by atoms with Crippen molar-refractivity contribution in [2.75, 3.05) is 18.5 Å². The molecule has 0 spiro atoms. The fourth-order valence-electron chi connectivity index (χ4n) is 2.65. The minimum Gasteiger partial charge on any atom is -0.490 e. The summed E-state index contributed by atoms with van der Waals surface area (Å²) < 4.78 is 16.4. The van der Waals surface area contributed by atoms with E-state index < -0.39 is 0 Å². The fraction of sp³-hybridized carbons (Fsp3) is 0.474. The standard InChI is InChI=1S/C19H24N2O4S/c1-3-4-6-17(19(22)20-18-11-13(2)25-21-18)26-14-7-8-15-16(12-14)24-10-5-9-23-15/h7-8,11-12,17H,3-6,9-10H2,1-2H3,(H,20,21,22).